The number of nitrogens with zero attached hydrogens (tertiary/aromatic N) is 2. The number of alkyl halides is 3. The maximum absolute atomic E-state index is 13.5. The molecule has 3 aromatic rings. The van der Waals surface area contributed by atoms with E-state index in [1.54, 1.807) is 42.5 Å². The number of aliphatic imine (C=N–C) groups is 1. The van der Waals surface area contributed by atoms with E-state index < -0.39 is 30.7 Å². The molecule has 2 amide bonds. The summed E-state index contributed by atoms with van der Waals surface area (Å²) in [6, 6.07) is 18.9. The zero-order valence-corrected chi connectivity index (χ0v) is 18.8. The second-order valence-electron chi connectivity index (χ2n) is 7.43. The third-order valence-corrected chi connectivity index (χ3v) is 5.42. The first-order valence-corrected chi connectivity index (χ1v) is 10.8. The molecule has 0 fully saturated rings. The molecular weight excluding hydrogens is 490 g/mol. The third kappa shape index (κ3) is 5.24. The minimum absolute atomic E-state index is 0.0332. The number of para-hydroxylation sites is 1. The van der Waals surface area contributed by atoms with Gasteiger partial charge in [0.25, 0.3) is 11.8 Å². The summed E-state index contributed by atoms with van der Waals surface area (Å²) >= 11 is 11.9. The number of carbonyl (C=O) groups excluding carboxylic acids is 2. The summed E-state index contributed by atoms with van der Waals surface area (Å²) < 4.78 is 40.4. The molecule has 1 unspecified atom stereocenters. The van der Waals surface area contributed by atoms with Crippen molar-refractivity contribution in [3.63, 3.8) is 0 Å². The number of fused-ring (bicyclic) bond motifs is 1. The summed E-state index contributed by atoms with van der Waals surface area (Å²) in [5.74, 6) is -1.80. The molecule has 0 radical (unpaired) electrons. The Bertz CT molecular complexity index is 1260. The highest BCUT2D eigenvalue weighted by Crippen LogP contribution is 2.31. The first kappa shape index (κ1) is 23.8. The van der Waals surface area contributed by atoms with Crippen molar-refractivity contribution in [2.24, 2.45) is 4.99 Å². The largest absolute Gasteiger partial charge is 0.406 e. The van der Waals surface area contributed by atoms with Crippen LogP contribution in [0, 0.1) is 0 Å². The maximum Gasteiger partial charge on any atom is 0.406 e. The van der Waals surface area contributed by atoms with Gasteiger partial charge in [-0.15, -0.1) is 0 Å². The molecule has 0 saturated carbocycles. The molecule has 10 heteroatoms. The van der Waals surface area contributed by atoms with Crippen molar-refractivity contribution in [2.75, 3.05) is 11.4 Å². The molecule has 1 atom stereocenters. The van der Waals surface area contributed by atoms with Crippen LogP contribution in [-0.4, -0.2) is 36.4 Å². The summed E-state index contributed by atoms with van der Waals surface area (Å²) in [6.45, 7) is -1.55. The number of amides is 2. The number of hydrogen-bond acceptors (Lipinski definition) is 3. The Labute approximate surface area is 202 Å². The standard InChI is InChI=1S/C24H16Cl2F3N3O2/c25-16-10-15(11-17(26)12-16)22(33)31-21-23(34)32(13-24(27,28)29)19-9-5-4-8-18(19)20(30-21)14-6-2-1-3-7-14/h1-12,21H,13H2,(H,31,33). The van der Waals surface area contributed by atoms with E-state index in [4.69, 9.17) is 23.2 Å². The molecule has 4 rings (SSSR count). The number of hydrogen-bond donors (Lipinski definition) is 1. The highest BCUT2D eigenvalue weighted by atomic mass is 35.5. The smallest absolute Gasteiger partial charge is 0.322 e. The van der Waals surface area contributed by atoms with Crippen LogP contribution >= 0.6 is 23.2 Å². The molecule has 5 nitrogen and oxygen atoms in total. The average Bonchev–Trinajstić information content (AvgIpc) is 2.89. The second-order valence-corrected chi connectivity index (χ2v) is 8.31. The van der Waals surface area contributed by atoms with Gasteiger partial charge in [0.05, 0.1) is 11.4 Å². The van der Waals surface area contributed by atoms with E-state index in [2.05, 4.69) is 10.3 Å². The van der Waals surface area contributed by atoms with Gasteiger partial charge >= 0.3 is 6.18 Å². The van der Waals surface area contributed by atoms with Gasteiger partial charge in [-0.05, 0) is 24.3 Å². The predicted molar refractivity (Wildman–Crippen MR) is 125 cm³/mol. The first-order chi connectivity index (χ1) is 16.1. The van der Waals surface area contributed by atoms with E-state index in [0.29, 0.717) is 16.0 Å². The fourth-order valence-electron chi connectivity index (χ4n) is 3.58. The fraction of sp³-hybridized carbons (Fsp3) is 0.125. The van der Waals surface area contributed by atoms with Gasteiger partial charge in [0.1, 0.15) is 6.54 Å². The van der Waals surface area contributed by atoms with Crippen LogP contribution in [0.3, 0.4) is 0 Å². The van der Waals surface area contributed by atoms with Gasteiger partial charge in [0.2, 0.25) is 6.17 Å². The Morgan fingerprint density at radius 2 is 1.59 bits per heavy atom. The Morgan fingerprint density at radius 1 is 0.971 bits per heavy atom. The number of halogens is 5. The second kappa shape index (κ2) is 9.48. The summed E-state index contributed by atoms with van der Waals surface area (Å²) in [5, 5.41) is 2.80. The van der Waals surface area contributed by atoms with Crippen LogP contribution in [0.25, 0.3) is 0 Å². The lowest BCUT2D eigenvalue weighted by molar-refractivity contribution is -0.133. The molecule has 0 bridgehead atoms. The highest BCUT2D eigenvalue weighted by Gasteiger charge is 2.40. The van der Waals surface area contributed by atoms with Gasteiger partial charge in [-0.3, -0.25) is 14.5 Å². The van der Waals surface area contributed by atoms with Crippen molar-refractivity contribution >= 4 is 46.4 Å². The van der Waals surface area contributed by atoms with Gasteiger partial charge < -0.3 is 5.32 Å². The van der Waals surface area contributed by atoms with Crippen molar-refractivity contribution in [3.8, 4) is 0 Å². The molecule has 0 saturated heterocycles. The first-order valence-electron chi connectivity index (χ1n) is 10.00. The van der Waals surface area contributed by atoms with Gasteiger partial charge in [-0.2, -0.15) is 13.2 Å². The van der Waals surface area contributed by atoms with Crippen molar-refractivity contribution in [3.05, 3.63) is 99.5 Å². The number of carbonyl (C=O) groups is 2. The molecule has 1 aliphatic rings. The minimum Gasteiger partial charge on any atom is -0.322 e. The third-order valence-electron chi connectivity index (χ3n) is 4.99. The molecule has 0 spiro atoms. The molecule has 1 heterocycles. The summed E-state index contributed by atoms with van der Waals surface area (Å²) in [4.78, 5) is 31.2. The van der Waals surface area contributed by atoms with Crippen LogP contribution in [0.2, 0.25) is 10.0 Å². The molecule has 3 aromatic carbocycles. The Kier molecular flexibility index (Phi) is 6.63. The van der Waals surface area contributed by atoms with Crippen molar-refractivity contribution in [1.29, 1.82) is 0 Å². The van der Waals surface area contributed by atoms with Crippen LogP contribution in [0.15, 0.2) is 77.8 Å². The van der Waals surface area contributed by atoms with Gasteiger partial charge in [-0.25, -0.2) is 4.99 Å². The molecule has 1 N–H and O–H groups in total. The molecule has 0 aliphatic carbocycles. The zero-order chi connectivity index (χ0) is 24.5. The molecule has 174 valence electrons. The van der Waals surface area contributed by atoms with Crippen LogP contribution in [0.4, 0.5) is 18.9 Å². The van der Waals surface area contributed by atoms with E-state index in [1.165, 1.54) is 30.3 Å². The number of anilines is 1. The number of nitrogens with one attached hydrogen (secondary N) is 1. The fourth-order valence-corrected chi connectivity index (χ4v) is 4.11. The van der Waals surface area contributed by atoms with Crippen molar-refractivity contribution in [1.82, 2.24) is 5.32 Å². The predicted octanol–water partition coefficient (Wildman–Crippen LogP) is 5.50. The van der Waals surface area contributed by atoms with Crippen molar-refractivity contribution < 1.29 is 22.8 Å². The van der Waals surface area contributed by atoms with Crippen LogP contribution in [-0.2, 0) is 4.79 Å². The lowest BCUT2D eigenvalue weighted by Crippen LogP contribution is -2.50. The topological polar surface area (TPSA) is 61.8 Å². The van der Waals surface area contributed by atoms with Crippen LogP contribution in [0.5, 0.6) is 0 Å². The number of rotatable bonds is 4. The van der Waals surface area contributed by atoms with E-state index in [-0.39, 0.29) is 27.0 Å². The SMILES string of the molecule is O=C(NC1N=C(c2ccccc2)c2ccccc2N(CC(F)(F)F)C1=O)c1cc(Cl)cc(Cl)c1. The summed E-state index contributed by atoms with van der Waals surface area (Å²) in [6.07, 6.45) is -6.31. The summed E-state index contributed by atoms with van der Waals surface area (Å²) in [7, 11) is 0. The molecule has 0 aromatic heterocycles. The van der Waals surface area contributed by atoms with E-state index >= 15 is 0 Å². The maximum atomic E-state index is 13.5. The normalized spacial score (nSPS) is 15.9. The van der Waals surface area contributed by atoms with E-state index in [0.717, 1.165) is 0 Å². The lowest BCUT2D eigenvalue weighted by Gasteiger charge is -2.26. The molecular formula is C24H16Cl2F3N3O2. The van der Waals surface area contributed by atoms with E-state index in [1.807, 2.05) is 0 Å². The van der Waals surface area contributed by atoms with Crippen LogP contribution in [0.1, 0.15) is 21.5 Å². The quantitative estimate of drug-likeness (QED) is 0.509. The zero-order valence-electron chi connectivity index (χ0n) is 17.3. The number of benzodiazepines with no additional fused rings is 1. The highest BCUT2D eigenvalue weighted by molar-refractivity contribution is 6.35. The van der Waals surface area contributed by atoms with Crippen LogP contribution < -0.4 is 10.2 Å². The Morgan fingerprint density at radius 3 is 2.24 bits per heavy atom. The Balaban J connectivity index is 1.83. The van der Waals surface area contributed by atoms with Crippen molar-refractivity contribution in [2.45, 2.75) is 12.3 Å². The van der Waals surface area contributed by atoms with Gasteiger partial charge in [0.15, 0.2) is 0 Å². The monoisotopic (exact) mass is 505 g/mol. The molecule has 34 heavy (non-hydrogen) atoms. The van der Waals surface area contributed by atoms with Gasteiger partial charge in [-0.1, -0.05) is 71.7 Å². The Hall–Kier alpha value is -3.36. The molecule has 1 aliphatic heterocycles. The summed E-state index contributed by atoms with van der Waals surface area (Å²) in [5.41, 5.74) is 1.24. The minimum atomic E-state index is -4.69. The van der Waals surface area contributed by atoms with E-state index in [9.17, 15) is 22.8 Å². The van der Waals surface area contributed by atoms with Gasteiger partial charge in [0, 0.05) is 26.7 Å². The number of benzene rings is 3. The lowest BCUT2D eigenvalue weighted by atomic mass is 10.0. The average molecular weight is 506 g/mol.